The lowest BCUT2D eigenvalue weighted by Gasteiger charge is -2.09. The normalized spacial score (nSPS) is 11.3. The van der Waals surface area contributed by atoms with E-state index >= 15 is 0 Å². The number of nitrogens with one attached hydrogen (secondary N) is 1. The van der Waals surface area contributed by atoms with Gasteiger partial charge >= 0.3 is 0 Å². The van der Waals surface area contributed by atoms with Gasteiger partial charge in [0.05, 0.1) is 11.6 Å². The van der Waals surface area contributed by atoms with Gasteiger partial charge in [0, 0.05) is 10.9 Å². The maximum atomic E-state index is 13.4. The Kier molecular flexibility index (Phi) is 4.31. The van der Waals surface area contributed by atoms with Crippen molar-refractivity contribution in [2.45, 2.75) is 20.0 Å². The predicted octanol–water partition coefficient (Wildman–Crippen LogP) is 3.88. The molecule has 0 unspecified atom stereocenters. The predicted molar refractivity (Wildman–Crippen MR) is 101 cm³/mol. The average Bonchev–Trinajstić information content (AvgIpc) is 3.11. The number of hydrogen-bond acceptors (Lipinski definition) is 6. The maximum absolute atomic E-state index is 13.4. The molecule has 28 heavy (non-hydrogen) atoms. The third-order valence-corrected chi connectivity index (χ3v) is 4.07. The van der Waals surface area contributed by atoms with E-state index in [1.807, 2.05) is 13.8 Å². The Morgan fingerprint density at radius 2 is 1.93 bits per heavy atom. The van der Waals surface area contributed by atoms with Crippen molar-refractivity contribution in [1.82, 2.24) is 15.1 Å². The Morgan fingerprint density at radius 1 is 1.18 bits per heavy atom. The monoisotopic (exact) mass is 381 g/mol. The Labute approximate surface area is 158 Å². The summed E-state index contributed by atoms with van der Waals surface area (Å²) < 4.78 is 24.1. The van der Waals surface area contributed by atoms with Gasteiger partial charge < -0.3 is 19.4 Å². The van der Waals surface area contributed by atoms with Crippen molar-refractivity contribution < 1.29 is 18.8 Å². The molecular formula is C20H16FN3O4. The molecule has 0 amide bonds. The fraction of sp³-hybridized carbons (Fsp3) is 0.150. The topological polar surface area (TPSA) is 101 Å². The van der Waals surface area contributed by atoms with Crippen molar-refractivity contribution >= 4 is 10.9 Å². The van der Waals surface area contributed by atoms with Crippen molar-refractivity contribution in [1.29, 1.82) is 0 Å². The molecule has 4 aromatic rings. The van der Waals surface area contributed by atoms with Crippen molar-refractivity contribution in [2.75, 3.05) is 0 Å². The lowest BCUT2D eigenvalue weighted by Crippen LogP contribution is -2.09. The highest BCUT2D eigenvalue weighted by Gasteiger charge is 2.20. The number of aromatic nitrogens is 3. The highest BCUT2D eigenvalue weighted by molar-refractivity contribution is 5.90. The molecule has 0 spiro atoms. The summed E-state index contributed by atoms with van der Waals surface area (Å²) in [5, 5.41) is 14.6. The molecule has 0 aliphatic rings. The number of nitrogens with zero attached hydrogens (tertiary/aromatic N) is 2. The van der Waals surface area contributed by atoms with E-state index in [9.17, 15) is 14.3 Å². The molecule has 0 aliphatic heterocycles. The minimum absolute atomic E-state index is 0.0544. The molecule has 0 saturated heterocycles. The molecule has 2 aromatic heterocycles. The number of aromatic amines is 1. The number of rotatable bonds is 4. The van der Waals surface area contributed by atoms with Gasteiger partial charge in [0.2, 0.25) is 5.82 Å². The lowest BCUT2D eigenvalue weighted by atomic mass is 10.1. The molecule has 0 aliphatic carbocycles. The smallest absolute Gasteiger partial charge is 0.267 e. The summed E-state index contributed by atoms with van der Waals surface area (Å²) >= 11 is 0. The van der Waals surface area contributed by atoms with Crippen LogP contribution in [0.4, 0.5) is 4.39 Å². The summed E-state index contributed by atoms with van der Waals surface area (Å²) in [6.07, 6.45) is 0.0544. The molecule has 2 heterocycles. The molecule has 0 bridgehead atoms. The van der Waals surface area contributed by atoms with Crippen LogP contribution in [-0.4, -0.2) is 26.3 Å². The van der Waals surface area contributed by atoms with Crippen molar-refractivity contribution in [2.24, 2.45) is 0 Å². The second kappa shape index (κ2) is 6.80. The number of ether oxygens (including phenoxy) is 1. The second-order valence-electron chi connectivity index (χ2n) is 6.48. The van der Waals surface area contributed by atoms with Crippen molar-refractivity contribution in [3.05, 3.63) is 58.6 Å². The molecule has 2 aromatic carbocycles. The summed E-state index contributed by atoms with van der Waals surface area (Å²) in [6, 6.07) is 10.8. The van der Waals surface area contributed by atoms with Crippen LogP contribution in [0.15, 0.2) is 51.8 Å². The first kappa shape index (κ1) is 17.7. The van der Waals surface area contributed by atoms with Gasteiger partial charge in [-0.3, -0.25) is 4.79 Å². The van der Waals surface area contributed by atoms with E-state index in [2.05, 4.69) is 15.1 Å². The molecule has 0 radical (unpaired) electrons. The quantitative estimate of drug-likeness (QED) is 0.556. The van der Waals surface area contributed by atoms with Crippen LogP contribution in [0, 0.1) is 5.82 Å². The van der Waals surface area contributed by atoms with E-state index in [1.165, 1.54) is 12.1 Å². The second-order valence-corrected chi connectivity index (χ2v) is 6.48. The Bertz CT molecular complexity index is 1210. The van der Waals surface area contributed by atoms with E-state index in [-0.39, 0.29) is 40.0 Å². The zero-order valence-electron chi connectivity index (χ0n) is 15.1. The van der Waals surface area contributed by atoms with Crippen molar-refractivity contribution in [3.63, 3.8) is 0 Å². The molecule has 142 valence electrons. The van der Waals surface area contributed by atoms with E-state index in [1.54, 1.807) is 24.3 Å². The number of fused-ring (bicyclic) bond motifs is 1. The van der Waals surface area contributed by atoms with Gasteiger partial charge in [0.15, 0.2) is 0 Å². The van der Waals surface area contributed by atoms with E-state index < -0.39 is 11.4 Å². The average molecular weight is 381 g/mol. The fourth-order valence-corrected chi connectivity index (χ4v) is 2.85. The van der Waals surface area contributed by atoms with E-state index in [0.29, 0.717) is 11.3 Å². The Balaban J connectivity index is 1.73. The zero-order chi connectivity index (χ0) is 19.8. The van der Waals surface area contributed by atoms with Gasteiger partial charge in [0.25, 0.3) is 11.4 Å². The SMILES string of the molecule is CC(C)Oc1ccc(-c2noc(-c3c(O)c4ccc(F)cc4[nH]c3=O)n2)cc1. The molecule has 4 rings (SSSR count). The van der Waals surface area contributed by atoms with Crippen LogP contribution in [0.5, 0.6) is 11.5 Å². The van der Waals surface area contributed by atoms with Gasteiger partial charge in [0.1, 0.15) is 22.9 Å². The van der Waals surface area contributed by atoms with Crippen LogP contribution in [0.2, 0.25) is 0 Å². The van der Waals surface area contributed by atoms with Gasteiger partial charge in [-0.1, -0.05) is 5.16 Å². The van der Waals surface area contributed by atoms with Gasteiger partial charge in [-0.15, -0.1) is 0 Å². The minimum Gasteiger partial charge on any atom is -0.506 e. The van der Waals surface area contributed by atoms with Crippen LogP contribution < -0.4 is 10.3 Å². The first-order chi connectivity index (χ1) is 13.4. The summed E-state index contributed by atoms with van der Waals surface area (Å²) in [7, 11) is 0. The number of pyridine rings is 1. The summed E-state index contributed by atoms with van der Waals surface area (Å²) in [5.41, 5.74) is 0.000663. The number of benzene rings is 2. The first-order valence-corrected chi connectivity index (χ1v) is 8.58. The van der Waals surface area contributed by atoms with Crippen LogP contribution in [0.3, 0.4) is 0 Å². The third-order valence-electron chi connectivity index (χ3n) is 4.07. The van der Waals surface area contributed by atoms with Crippen LogP contribution >= 0.6 is 0 Å². The number of hydrogen-bond donors (Lipinski definition) is 2. The zero-order valence-corrected chi connectivity index (χ0v) is 15.1. The summed E-state index contributed by atoms with van der Waals surface area (Å²) in [4.78, 5) is 19.1. The fourth-order valence-electron chi connectivity index (χ4n) is 2.85. The van der Waals surface area contributed by atoms with E-state index in [0.717, 1.165) is 6.07 Å². The van der Waals surface area contributed by atoms with Crippen LogP contribution in [0.1, 0.15) is 13.8 Å². The van der Waals surface area contributed by atoms with Crippen LogP contribution in [0.25, 0.3) is 33.7 Å². The standard InChI is InChI=1S/C20H16FN3O4/c1-10(2)27-13-6-3-11(4-7-13)18-23-20(28-24-18)16-17(25)14-8-5-12(21)9-15(14)22-19(16)26/h3-10H,1-2H3,(H2,22,25,26). The maximum Gasteiger partial charge on any atom is 0.267 e. The molecule has 0 atom stereocenters. The number of H-pyrrole nitrogens is 1. The molecule has 8 heteroatoms. The lowest BCUT2D eigenvalue weighted by molar-refractivity contribution is 0.242. The van der Waals surface area contributed by atoms with Gasteiger partial charge in [-0.05, 0) is 56.3 Å². The largest absolute Gasteiger partial charge is 0.506 e. The summed E-state index contributed by atoms with van der Waals surface area (Å²) in [5.74, 6) is -0.0557. The highest BCUT2D eigenvalue weighted by Crippen LogP contribution is 2.32. The molecule has 2 N–H and O–H groups in total. The third kappa shape index (κ3) is 3.20. The molecule has 0 fully saturated rings. The first-order valence-electron chi connectivity index (χ1n) is 8.58. The molecule has 7 nitrogen and oxygen atoms in total. The Morgan fingerprint density at radius 3 is 2.64 bits per heavy atom. The van der Waals surface area contributed by atoms with Gasteiger partial charge in [-0.2, -0.15) is 4.98 Å². The van der Waals surface area contributed by atoms with Gasteiger partial charge in [-0.25, -0.2) is 4.39 Å². The number of aromatic hydroxyl groups is 1. The van der Waals surface area contributed by atoms with Crippen LogP contribution in [-0.2, 0) is 0 Å². The Hall–Kier alpha value is -3.68. The number of halogens is 1. The highest BCUT2D eigenvalue weighted by atomic mass is 19.1. The van der Waals surface area contributed by atoms with Crippen molar-refractivity contribution in [3.8, 4) is 34.3 Å². The molecular weight excluding hydrogens is 365 g/mol. The molecule has 0 saturated carbocycles. The summed E-state index contributed by atoms with van der Waals surface area (Å²) in [6.45, 7) is 3.86. The van der Waals surface area contributed by atoms with E-state index in [4.69, 9.17) is 9.26 Å². The minimum atomic E-state index is -0.661.